The molecule has 1 aliphatic rings. The van der Waals surface area contributed by atoms with E-state index in [9.17, 15) is 13.2 Å². The standard InChI is InChI=1S/C19H21N3O3S/c1-3-19(23)22-18(15-7-5-4-6-8-15)13-17(20-22)14-9-11-16(12-10-14)21-26(2,24)25/h4-12,18,21H,3,13H2,1-2H3. The van der Waals surface area contributed by atoms with Crippen molar-refractivity contribution in [2.24, 2.45) is 5.10 Å². The lowest BCUT2D eigenvalue weighted by atomic mass is 9.98. The molecule has 0 spiro atoms. The van der Waals surface area contributed by atoms with Crippen LogP contribution in [0.5, 0.6) is 0 Å². The average molecular weight is 371 g/mol. The summed E-state index contributed by atoms with van der Waals surface area (Å²) in [6, 6.07) is 16.7. The third-order valence-corrected chi connectivity index (χ3v) is 4.78. The van der Waals surface area contributed by atoms with Gasteiger partial charge in [-0.2, -0.15) is 5.10 Å². The molecule has 1 aliphatic heterocycles. The maximum atomic E-state index is 12.3. The van der Waals surface area contributed by atoms with Gasteiger partial charge in [0.1, 0.15) is 0 Å². The molecule has 1 heterocycles. The smallest absolute Gasteiger partial charge is 0.242 e. The second kappa shape index (κ2) is 7.29. The second-order valence-electron chi connectivity index (χ2n) is 6.22. The van der Waals surface area contributed by atoms with Gasteiger partial charge in [0, 0.05) is 18.5 Å². The lowest BCUT2D eigenvalue weighted by Gasteiger charge is -2.21. The number of nitrogens with one attached hydrogen (secondary N) is 1. The molecule has 2 aromatic rings. The van der Waals surface area contributed by atoms with Crippen LogP contribution in [0, 0.1) is 0 Å². The van der Waals surface area contributed by atoms with E-state index >= 15 is 0 Å². The molecule has 0 saturated carbocycles. The van der Waals surface area contributed by atoms with Crippen molar-refractivity contribution in [1.29, 1.82) is 0 Å². The highest BCUT2D eigenvalue weighted by Gasteiger charge is 2.32. The fraction of sp³-hybridized carbons (Fsp3) is 0.263. The van der Waals surface area contributed by atoms with Crippen LogP contribution in [0.3, 0.4) is 0 Å². The summed E-state index contributed by atoms with van der Waals surface area (Å²) in [4.78, 5) is 12.3. The van der Waals surface area contributed by atoms with Gasteiger partial charge in [0.05, 0.1) is 18.0 Å². The number of hydrogen-bond donors (Lipinski definition) is 1. The average Bonchev–Trinajstić information content (AvgIpc) is 3.06. The van der Waals surface area contributed by atoms with Crippen molar-refractivity contribution in [1.82, 2.24) is 5.01 Å². The van der Waals surface area contributed by atoms with Crippen LogP contribution in [-0.4, -0.2) is 31.3 Å². The molecule has 0 aliphatic carbocycles. The number of nitrogens with zero attached hydrogens (tertiary/aromatic N) is 2. The Morgan fingerprint density at radius 1 is 1.15 bits per heavy atom. The number of benzene rings is 2. The van der Waals surface area contributed by atoms with Crippen LogP contribution >= 0.6 is 0 Å². The molecule has 26 heavy (non-hydrogen) atoms. The maximum absolute atomic E-state index is 12.3. The Bertz CT molecular complexity index is 922. The van der Waals surface area contributed by atoms with E-state index < -0.39 is 10.0 Å². The van der Waals surface area contributed by atoms with Crippen molar-refractivity contribution in [3.05, 3.63) is 65.7 Å². The topological polar surface area (TPSA) is 78.8 Å². The highest BCUT2D eigenvalue weighted by molar-refractivity contribution is 7.92. The third-order valence-electron chi connectivity index (χ3n) is 4.17. The summed E-state index contributed by atoms with van der Waals surface area (Å²) < 4.78 is 25.1. The number of rotatable bonds is 5. The van der Waals surface area contributed by atoms with Crippen LogP contribution in [0.15, 0.2) is 59.7 Å². The molecular formula is C19H21N3O3S. The van der Waals surface area contributed by atoms with Gasteiger partial charge in [0.25, 0.3) is 0 Å². The van der Waals surface area contributed by atoms with Gasteiger partial charge >= 0.3 is 0 Å². The van der Waals surface area contributed by atoms with E-state index in [2.05, 4.69) is 9.82 Å². The van der Waals surface area contributed by atoms with E-state index in [0.29, 0.717) is 18.5 Å². The zero-order chi connectivity index (χ0) is 18.7. The van der Waals surface area contributed by atoms with E-state index in [1.807, 2.05) is 49.4 Å². The Balaban J connectivity index is 1.87. The first-order chi connectivity index (χ1) is 12.4. The molecule has 7 heteroatoms. The summed E-state index contributed by atoms with van der Waals surface area (Å²) in [7, 11) is -3.31. The minimum atomic E-state index is -3.31. The Kier molecular flexibility index (Phi) is 5.08. The number of anilines is 1. The summed E-state index contributed by atoms with van der Waals surface area (Å²) in [5.41, 5.74) is 3.22. The largest absolute Gasteiger partial charge is 0.284 e. The lowest BCUT2D eigenvalue weighted by Crippen LogP contribution is -2.26. The van der Waals surface area contributed by atoms with Gasteiger partial charge in [-0.3, -0.25) is 9.52 Å². The molecule has 0 aromatic heterocycles. The fourth-order valence-electron chi connectivity index (χ4n) is 2.96. The molecule has 1 unspecified atom stereocenters. The first-order valence-electron chi connectivity index (χ1n) is 8.40. The Morgan fingerprint density at radius 3 is 2.38 bits per heavy atom. The van der Waals surface area contributed by atoms with Crippen molar-refractivity contribution in [2.75, 3.05) is 11.0 Å². The molecule has 3 rings (SSSR count). The molecular weight excluding hydrogens is 350 g/mol. The maximum Gasteiger partial charge on any atom is 0.242 e. The molecule has 136 valence electrons. The molecule has 1 N–H and O–H groups in total. The zero-order valence-corrected chi connectivity index (χ0v) is 15.5. The first kappa shape index (κ1) is 18.1. The summed E-state index contributed by atoms with van der Waals surface area (Å²) >= 11 is 0. The highest BCUT2D eigenvalue weighted by Crippen LogP contribution is 2.33. The van der Waals surface area contributed by atoms with Crippen molar-refractivity contribution in [3.63, 3.8) is 0 Å². The van der Waals surface area contributed by atoms with E-state index in [0.717, 1.165) is 23.1 Å². The molecule has 1 atom stereocenters. The second-order valence-corrected chi connectivity index (χ2v) is 7.97. The molecule has 6 nitrogen and oxygen atoms in total. The third kappa shape index (κ3) is 4.11. The number of amides is 1. The van der Waals surface area contributed by atoms with Crippen LogP contribution in [0.25, 0.3) is 0 Å². The number of hydrogen-bond acceptors (Lipinski definition) is 4. The van der Waals surface area contributed by atoms with Crippen molar-refractivity contribution in [2.45, 2.75) is 25.8 Å². The molecule has 2 aromatic carbocycles. The van der Waals surface area contributed by atoms with Crippen molar-refractivity contribution in [3.8, 4) is 0 Å². The Morgan fingerprint density at radius 2 is 1.81 bits per heavy atom. The highest BCUT2D eigenvalue weighted by atomic mass is 32.2. The van der Waals surface area contributed by atoms with Gasteiger partial charge in [-0.05, 0) is 23.3 Å². The summed E-state index contributed by atoms with van der Waals surface area (Å²) in [6.45, 7) is 1.82. The Labute approximate surface area is 153 Å². The number of sulfonamides is 1. The zero-order valence-electron chi connectivity index (χ0n) is 14.7. The monoisotopic (exact) mass is 371 g/mol. The fourth-order valence-corrected chi connectivity index (χ4v) is 3.52. The molecule has 0 fully saturated rings. The van der Waals surface area contributed by atoms with E-state index in [4.69, 9.17) is 0 Å². The Hall–Kier alpha value is -2.67. The predicted molar refractivity (Wildman–Crippen MR) is 102 cm³/mol. The van der Waals surface area contributed by atoms with E-state index in [-0.39, 0.29) is 11.9 Å². The molecule has 1 amide bonds. The lowest BCUT2D eigenvalue weighted by molar-refractivity contribution is -0.132. The van der Waals surface area contributed by atoms with Crippen LogP contribution in [0.4, 0.5) is 5.69 Å². The van der Waals surface area contributed by atoms with Gasteiger partial charge in [-0.15, -0.1) is 0 Å². The number of carbonyl (C=O) groups is 1. The van der Waals surface area contributed by atoms with Gasteiger partial charge in [-0.1, -0.05) is 49.4 Å². The van der Waals surface area contributed by atoms with E-state index in [1.54, 1.807) is 17.1 Å². The van der Waals surface area contributed by atoms with Crippen LogP contribution in [0.2, 0.25) is 0 Å². The number of carbonyl (C=O) groups excluding carboxylic acids is 1. The van der Waals surface area contributed by atoms with Crippen LogP contribution in [0.1, 0.15) is 36.9 Å². The molecule has 0 radical (unpaired) electrons. The SMILES string of the molecule is CCC(=O)N1N=C(c2ccc(NS(C)(=O)=O)cc2)CC1c1ccccc1. The van der Waals surface area contributed by atoms with Crippen LogP contribution < -0.4 is 4.72 Å². The quantitative estimate of drug-likeness (QED) is 0.877. The van der Waals surface area contributed by atoms with E-state index in [1.165, 1.54) is 0 Å². The van der Waals surface area contributed by atoms with Gasteiger partial charge in [0.2, 0.25) is 15.9 Å². The van der Waals surface area contributed by atoms with Gasteiger partial charge in [0.15, 0.2) is 0 Å². The summed E-state index contributed by atoms with van der Waals surface area (Å²) in [5.74, 6) is -0.0239. The normalized spacial score (nSPS) is 17.1. The van der Waals surface area contributed by atoms with Crippen molar-refractivity contribution >= 4 is 27.3 Å². The minimum absolute atomic E-state index is 0.0239. The summed E-state index contributed by atoms with van der Waals surface area (Å²) in [5, 5.41) is 6.12. The van der Waals surface area contributed by atoms with Gasteiger partial charge < -0.3 is 0 Å². The first-order valence-corrected chi connectivity index (χ1v) is 10.3. The number of hydrazone groups is 1. The predicted octanol–water partition coefficient (Wildman–Crippen LogP) is 3.15. The minimum Gasteiger partial charge on any atom is -0.284 e. The molecule has 0 saturated heterocycles. The van der Waals surface area contributed by atoms with Gasteiger partial charge in [-0.25, -0.2) is 13.4 Å². The molecule has 0 bridgehead atoms. The van der Waals surface area contributed by atoms with Crippen molar-refractivity contribution < 1.29 is 13.2 Å². The summed E-state index contributed by atoms with van der Waals surface area (Å²) in [6.07, 6.45) is 2.12. The van der Waals surface area contributed by atoms with Crippen LogP contribution in [-0.2, 0) is 14.8 Å².